The van der Waals surface area contributed by atoms with E-state index in [9.17, 15) is 4.79 Å². The predicted molar refractivity (Wildman–Crippen MR) is 102 cm³/mol. The summed E-state index contributed by atoms with van der Waals surface area (Å²) < 4.78 is 5.26. The maximum Gasteiger partial charge on any atom is 0.251 e. The molecule has 1 amide bonds. The van der Waals surface area contributed by atoms with Crippen LogP contribution in [0.3, 0.4) is 0 Å². The molecule has 4 heteroatoms. The normalized spacial score (nSPS) is 10.8. The second kappa shape index (κ2) is 7.23. The Bertz CT molecular complexity index is 1020. The zero-order valence-electron chi connectivity index (χ0n) is 14.2. The second-order valence-electron chi connectivity index (χ2n) is 6.09. The smallest absolute Gasteiger partial charge is 0.251 e. The molecule has 4 aromatic rings. The van der Waals surface area contributed by atoms with Gasteiger partial charge >= 0.3 is 0 Å². The molecule has 26 heavy (non-hydrogen) atoms. The van der Waals surface area contributed by atoms with Gasteiger partial charge < -0.3 is 9.73 Å². The van der Waals surface area contributed by atoms with Crippen molar-refractivity contribution in [2.24, 2.45) is 0 Å². The van der Waals surface area contributed by atoms with Gasteiger partial charge in [-0.1, -0.05) is 54.6 Å². The van der Waals surface area contributed by atoms with Crippen LogP contribution in [-0.4, -0.2) is 17.4 Å². The molecular formula is C22H18N2O2. The third-order valence-electron chi connectivity index (χ3n) is 4.42. The average molecular weight is 342 g/mol. The number of benzene rings is 3. The van der Waals surface area contributed by atoms with Crippen molar-refractivity contribution in [3.05, 3.63) is 90.4 Å². The predicted octanol–water partition coefficient (Wildman–Crippen LogP) is 4.47. The molecule has 0 spiro atoms. The van der Waals surface area contributed by atoms with Crippen molar-refractivity contribution in [3.63, 3.8) is 0 Å². The molecule has 3 aromatic carbocycles. The molecule has 0 aliphatic rings. The van der Waals surface area contributed by atoms with E-state index >= 15 is 0 Å². The van der Waals surface area contributed by atoms with Crippen LogP contribution in [0.15, 0.2) is 83.7 Å². The maximum atomic E-state index is 12.3. The zero-order valence-corrected chi connectivity index (χ0v) is 14.2. The molecule has 0 radical (unpaired) electrons. The third-order valence-corrected chi connectivity index (χ3v) is 4.42. The van der Waals surface area contributed by atoms with Crippen LogP contribution in [-0.2, 0) is 6.42 Å². The van der Waals surface area contributed by atoms with Crippen molar-refractivity contribution >= 4 is 16.7 Å². The van der Waals surface area contributed by atoms with Crippen molar-refractivity contribution in [1.82, 2.24) is 10.3 Å². The van der Waals surface area contributed by atoms with Crippen molar-refractivity contribution in [3.8, 4) is 11.3 Å². The highest BCUT2D eigenvalue weighted by atomic mass is 16.3. The zero-order chi connectivity index (χ0) is 17.8. The van der Waals surface area contributed by atoms with E-state index in [4.69, 9.17) is 4.42 Å². The van der Waals surface area contributed by atoms with E-state index < -0.39 is 0 Å². The number of oxazole rings is 1. The molecule has 0 bridgehead atoms. The van der Waals surface area contributed by atoms with Crippen molar-refractivity contribution in [1.29, 1.82) is 0 Å². The highest BCUT2D eigenvalue weighted by Gasteiger charge is 2.07. The number of nitrogens with zero attached hydrogens (tertiary/aromatic N) is 1. The Labute approximate surface area is 151 Å². The molecule has 0 aliphatic heterocycles. The summed E-state index contributed by atoms with van der Waals surface area (Å²) in [5.41, 5.74) is 2.77. The number of rotatable bonds is 5. The van der Waals surface area contributed by atoms with Gasteiger partial charge in [-0.05, 0) is 34.9 Å². The first-order valence-electron chi connectivity index (χ1n) is 8.55. The van der Waals surface area contributed by atoms with Gasteiger partial charge in [0.15, 0.2) is 12.2 Å². The van der Waals surface area contributed by atoms with E-state index in [1.54, 1.807) is 18.3 Å². The molecule has 4 nitrogen and oxygen atoms in total. The summed E-state index contributed by atoms with van der Waals surface area (Å²) in [6.45, 7) is 0.594. The lowest BCUT2D eigenvalue weighted by molar-refractivity contribution is 0.0954. The first-order chi connectivity index (χ1) is 12.8. The fourth-order valence-corrected chi connectivity index (χ4v) is 3.07. The van der Waals surface area contributed by atoms with Crippen molar-refractivity contribution < 1.29 is 9.21 Å². The van der Waals surface area contributed by atoms with Crippen LogP contribution in [0.2, 0.25) is 0 Å². The van der Waals surface area contributed by atoms with Gasteiger partial charge in [0.2, 0.25) is 0 Å². The summed E-state index contributed by atoms with van der Waals surface area (Å²) in [6.07, 6.45) is 3.84. The summed E-state index contributed by atoms with van der Waals surface area (Å²) >= 11 is 0. The van der Waals surface area contributed by atoms with Gasteiger partial charge in [0.1, 0.15) is 0 Å². The SMILES string of the molecule is O=C(NCCc1cccc2ccccc12)c1ccc(-c2cnco2)cc1. The quantitative estimate of drug-likeness (QED) is 0.582. The third kappa shape index (κ3) is 3.35. The maximum absolute atomic E-state index is 12.3. The number of fused-ring (bicyclic) bond motifs is 1. The van der Waals surface area contributed by atoms with Gasteiger partial charge in [0, 0.05) is 17.7 Å². The highest BCUT2D eigenvalue weighted by molar-refractivity contribution is 5.94. The Morgan fingerprint density at radius 2 is 1.77 bits per heavy atom. The Morgan fingerprint density at radius 1 is 0.962 bits per heavy atom. The van der Waals surface area contributed by atoms with Gasteiger partial charge in [-0.25, -0.2) is 4.98 Å². The van der Waals surface area contributed by atoms with Crippen LogP contribution >= 0.6 is 0 Å². The lowest BCUT2D eigenvalue weighted by atomic mass is 10.0. The van der Waals surface area contributed by atoms with Crippen LogP contribution in [0.1, 0.15) is 15.9 Å². The highest BCUT2D eigenvalue weighted by Crippen LogP contribution is 2.20. The van der Waals surface area contributed by atoms with Crippen LogP contribution < -0.4 is 5.32 Å². The standard InChI is InChI=1S/C22H18N2O2/c25-22(19-10-8-18(9-11-19)21-14-23-15-26-21)24-13-12-17-6-3-5-16-4-1-2-7-20(16)17/h1-11,14-15H,12-13H2,(H,24,25). The molecular weight excluding hydrogens is 324 g/mol. The molecule has 0 aliphatic carbocycles. The Morgan fingerprint density at radius 3 is 2.58 bits per heavy atom. The molecule has 1 N–H and O–H groups in total. The summed E-state index contributed by atoms with van der Waals surface area (Å²) in [5.74, 6) is 0.613. The molecule has 0 saturated carbocycles. The van der Waals surface area contributed by atoms with E-state index in [2.05, 4.69) is 40.6 Å². The van der Waals surface area contributed by atoms with Crippen molar-refractivity contribution in [2.75, 3.05) is 6.54 Å². The summed E-state index contributed by atoms with van der Waals surface area (Å²) in [4.78, 5) is 16.3. The number of hydrogen-bond acceptors (Lipinski definition) is 3. The van der Waals surface area contributed by atoms with E-state index in [1.165, 1.54) is 22.7 Å². The largest absolute Gasteiger partial charge is 0.444 e. The topological polar surface area (TPSA) is 55.1 Å². The van der Waals surface area contributed by atoms with Crippen LogP contribution in [0, 0.1) is 0 Å². The fourth-order valence-electron chi connectivity index (χ4n) is 3.07. The number of carbonyl (C=O) groups is 1. The van der Waals surface area contributed by atoms with Gasteiger partial charge in [0.05, 0.1) is 6.20 Å². The molecule has 1 heterocycles. The molecule has 0 fully saturated rings. The fraction of sp³-hybridized carbons (Fsp3) is 0.0909. The summed E-state index contributed by atoms with van der Waals surface area (Å²) in [6, 6.07) is 21.9. The number of amides is 1. The first kappa shape index (κ1) is 16.1. The van der Waals surface area contributed by atoms with Gasteiger partial charge in [-0.15, -0.1) is 0 Å². The minimum absolute atomic E-state index is 0.0747. The summed E-state index contributed by atoms with van der Waals surface area (Å²) in [5, 5.41) is 5.45. The lowest BCUT2D eigenvalue weighted by Gasteiger charge is -2.08. The number of hydrogen-bond donors (Lipinski definition) is 1. The van der Waals surface area contributed by atoms with Crippen LogP contribution in [0.4, 0.5) is 0 Å². The molecule has 0 unspecified atom stereocenters. The lowest BCUT2D eigenvalue weighted by Crippen LogP contribution is -2.25. The van der Waals surface area contributed by atoms with Crippen molar-refractivity contribution in [2.45, 2.75) is 6.42 Å². The van der Waals surface area contributed by atoms with Gasteiger partial charge in [-0.3, -0.25) is 4.79 Å². The number of carbonyl (C=O) groups excluding carboxylic acids is 1. The number of aromatic nitrogens is 1. The minimum atomic E-state index is -0.0747. The van der Waals surface area contributed by atoms with Crippen LogP contribution in [0.25, 0.3) is 22.1 Å². The molecule has 1 aromatic heterocycles. The second-order valence-corrected chi connectivity index (χ2v) is 6.09. The monoisotopic (exact) mass is 342 g/mol. The van der Waals surface area contributed by atoms with E-state index in [1.807, 2.05) is 24.3 Å². The minimum Gasteiger partial charge on any atom is -0.444 e. The Balaban J connectivity index is 1.39. The molecule has 0 atom stereocenters. The van der Waals surface area contributed by atoms with E-state index in [0.29, 0.717) is 17.9 Å². The van der Waals surface area contributed by atoms with E-state index in [-0.39, 0.29) is 5.91 Å². The Kier molecular flexibility index (Phi) is 4.48. The first-order valence-corrected chi connectivity index (χ1v) is 8.55. The number of nitrogens with one attached hydrogen (secondary N) is 1. The average Bonchev–Trinajstić information content (AvgIpc) is 3.23. The Hall–Kier alpha value is -3.40. The van der Waals surface area contributed by atoms with Gasteiger partial charge in [0.25, 0.3) is 5.91 Å². The summed E-state index contributed by atoms with van der Waals surface area (Å²) in [7, 11) is 0. The van der Waals surface area contributed by atoms with Crippen LogP contribution in [0.5, 0.6) is 0 Å². The molecule has 4 rings (SSSR count). The molecule has 0 saturated heterocycles. The molecule has 128 valence electrons. The van der Waals surface area contributed by atoms with E-state index in [0.717, 1.165) is 12.0 Å². The van der Waals surface area contributed by atoms with Gasteiger partial charge in [-0.2, -0.15) is 0 Å².